The van der Waals surface area contributed by atoms with E-state index >= 15 is 0 Å². The van der Waals surface area contributed by atoms with Gasteiger partial charge in [-0.1, -0.05) is 30.3 Å². The standard InChI is InChI=1S/C15H25N3/c1-13-10-15(12-17(13)2)18(9-8-16)11-14-6-4-3-5-7-14/h3-7,13,15H,8-12,16H2,1-2H3. The molecule has 1 fully saturated rings. The van der Waals surface area contributed by atoms with Crippen LogP contribution in [0.15, 0.2) is 30.3 Å². The van der Waals surface area contributed by atoms with Crippen LogP contribution in [-0.2, 0) is 6.54 Å². The Bertz CT molecular complexity index is 342. The number of nitrogens with two attached hydrogens (primary N) is 1. The molecule has 3 nitrogen and oxygen atoms in total. The first-order valence-corrected chi connectivity index (χ1v) is 6.89. The van der Waals surface area contributed by atoms with Crippen LogP contribution in [0.2, 0.25) is 0 Å². The molecule has 100 valence electrons. The van der Waals surface area contributed by atoms with E-state index in [1.165, 1.54) is 12.0 Å². The van der Waals surface area contributed by atoms with E-state index in [-0.39, 0.29) is 0 Å². The molecule has 2 atom stereocenters. The summed E-state index contributed by atoms with van der Waals surface area (Å²) in [6.07, 6.45) is 1.25. The number of benzene rings is 1. The molecule has 3 heteroatoms. The molecule has 18 heavy (non-hydrogen) atoms. The van der Waals surface area contributed by atoms with Crippen molar-refractivity contribution in [2.75, 3.05) is 26.7 Å². The van der Waals surface area contributed by atoms with Gasteiger partial charge in [-0.05, 0) is 26.0 Å². The van der Waals surface area contributed by atoms with Crippen molar-refractivity contribution in [2.24, 2.45) is 5.73 Å². The minimum Gasteiger partial charge on any atom is -0.329 e. The van der Waals surface area contributed by atoms with Crippen LogP contribution in [0.4, 0.5) is 0 Å². The third-order valence-electron chi connectivity index (χ3n) is 4.03. The topological polar surface area (TPSA) is 32.5 Å². The number of likely N-dealkylation sites (tertiary alicyclic amines) is 1. The molecule has 1 aromatic rings. The number of hydrogen-bond donors (Lipinski definition) is 1. The lowest BCUT2D eigenvalue weighted by Gasteiger charge is -2.28. The highest BCUT2D eigenvalue weighted by atomic mass is 15.3. The first kappa shape index (κ1) is 13.5. The molecule has 2 rings (SSSR count). The summed E-state index contributed by atoms with van der Waals surface area (Å²) in [5, 5.41) is 0. The predicted octanol–water partition coefficient (Wildman–Crippen LogP) is 1.54. The molecule has 0 spiro atoms. The molecule has 2 unspecified atom stereocenters. The lowest BCUT2D eigenvalue weighted by atomic mass is 10.1. The van der Waals surface area contributed by atoms with E-state index in [9.17, 15) is 0 Å². The number of nitrogens with zero attached hydrogens (tertiary/aromatic N) is 2. The summed E-state index contributed by atoms with van der Waals surface area (Å²) in [4.78, 5) is 4.98. The van der Waals surface area contributed by atoms with Crippen molar-refractivity contribution in [3.63, 3.8) is 0 Å². The van der Waals surface area contributed by atoms with Gasteiger partial charge in [0.1, 0.15) is 0 Å². The fourth-order valence-corrected chi connectivity index (χ4v) is 2.80. The summed E-state index contributed by atoms with van der Waals surface area (Å²) < 4.78 is 0. The second kappa shape index (κ2) is 6.32. The smallest absolute Gasteiger partial charge is 0.0242 e. The molecule has 1 aliphatic heterocycles. The van der Waals surface area contributed by atoms with E-state index in [2.05, 4.69) is 54.1 Å². The summed E-state index contributed by atoms with van der Waals surface area (Å²) in [5.41, 5.74) is 7.15. The van der Waals surface area contributed by atoms with E-state index in [0.29, 0.717) is 12.1 Å². The quantitative estimate of drug-likeness (QED) is 0.856. The molecule has 0 radical (unpaired) electrons. The van der Waals surface area contributed by atoms with Crippen molar-refractivity contribution < 1.29 is 0 Å². The van der Waals surface area contributed by atoms with Gasteiger partial charge in [0.05, 0.1) is 0 Å². The van der Waals surface area contributed by atoms with Crippen molar-refractivity contribution in [1.29, 1.82) is 0 Å². The molecule has 0 aromatic heterocycles. The molecule has 0 aliphatic carbocycles. The first-order valence-electron chi connectivity index (χ1n) is 6.89. The van der Waals surface area contributed by atoms with Gasteiger partial charge in [0.2, 0.25) is 0 Å². The molecule has 1 heterocycles. The average molecular weight is 247 g/mol. The molecule has 0 amide bonds. The van der Waals surface area contributed by atoms with Crippen LogP contribution >= 0.6 is 0 Å². The highest BCUT2D eigenvalue weighted by Gasteiger charge is 2.30. The van der Waals surface area contributed by atoms with E-state index in [0.717, 1.165) is 26.2 Å². The van der Waals surface area contributed by atoms with Gasteiger partial charge in [-0.15, -0.1) is 0 Å². The molecule has 2 N–H and O–H groups in total. The monoisotopic (exact) mass is 247 g/mol. The van der Waals surface area contributed by atoms with Gasteiger partial charge in [0, 0.05) is 38.3 Å². The van der Waals surface area contributed by atoms with E-state index in [1.807, 2.05) is 0 Å². The van der Waals surface area contributed by atoms with Gasteiger partial charge < -0.3 is 10.6 Å². The van der Waals surface area contributed by atoms with Gasteiger partial charge in [-0.25, -0.2) is 0 Å². The van der Waals surface area contributed by atoms with E-state index in [1.54, 1.807) is 0 Å². The lowest BCUT2D eigenvalue weighted by molar-refractivity contribution is 0.194. The fraction of sp³-hybridized carbons (Fsp3) is 0.600. The lowest BCUT2D eigenvalue weighted by Crippen LogP contribution is -2.39. The second-order valence-corrected chi connectivity index (χ2v) is 5.42. The van der Waals surface area contributed by atoms with Crippen LogP contribution in [0.25, 0.3) is 0 Å². The van der Waals surface area contributed by atoms with Crippen LogP contribution in [-0.4, -0.2) is 48.6 Å². The fourth-order valence-electron chi connectivity index (χ4n) is 2.80. The maximum atomic E-state index is 5.76. The Morgan fingerprint density at radius 1 is 1.33 bits per heavy atom. The Kier molecular flexibility index (Phi) is 4.75. The van der Waals surface area contributed by atoms with Crippen LogP contribution in [0, 0.1) is 0 Å². The first-order chi connectivity index (χ1) is 8.70. The summed E-state index contributed by atoms with van der Waals surface area (Å²) in [6.45, 7) is 6.21. The molecule has 1 aromatic carbocycles. The Balaban J connectivity index is 2.00. The molecule has 0 saturated carbocycles. The van der Waals surface area contributed by atoms with E-state index < -0.39 is 0 Å². The van der Waals surface area contributed by atoms with Gasteiger partial charge in [0.15, 0.2) is 0 Å². The Morgan fingerprint density at radius 2 is 2.06 bits per heavy atom. The molecule has 0 bridgehead atoms. The van der Waals surface area contributed by atoms with E-state index in [4.69, 9.17) is 5.73 Å². The van der Waals surface area contributed by atoms with Crippen LogP contribution in [0.3, 0.4) is 0 Å². The summed E-state index contributed by atoms with van der Waals surface area (Å²) in [7, 11) is 2.22. The van der Waals surface area contributed by atoms with Crippen molar-refractivity contribution in [2.45, 2.75) is 32.0 Å². The highest BCUT2D eigenvalue weighted by Crippen LogP contribution is 2.21. The third kappa shape index (κ3) is 3.31. The maximum Gasteiger partial charge on any atom is 0.0242 e. The second-order valence-electron chi connectivity index (χ2n) is 5.42. The van der Waals surface area contributed by atoms with Gasteiger partial charge in [-0.2, -0.15) is 0 Å². The zero-order chi connectivity index (χ0) is 13.0. The zero-order valence-electron chi connectivity index (χ0n) is 11.5. The van der Waals surface area contributed by atoms with Crippen LogP contribution in [0.1, 0.15) is 18.9 Å². The predicted molar refractivity (Wildman–Crippen MR) is 76.4 cm³/mol. The zero-order valence-corrected chi connectivity index (χ0v) is 11.5. The normalized spacial score (nSPS) is 24.9. The number of hydrogen-bond acceptors (Lipinski definition) is 3. The Morgan fingerprint density at radius 3 is 2.61 bits per heavy atom. The Labute approximate surface area is 111 Å². The van der Waals surface area contributed by atoms with Gasteiger partial charge >= 0.3 is 0 Å². The van der Waals surface area contributed by atoms with Gasteiger partial charge in [0.25, 0.3) is 0 Å². The summed E-state index contributed by atoms with van der Waals surface area (Å²) in [6, 6.07) is 12.0. The summed E-state index contributed by atoms with van der Waals surface area (Å²) in [5.74, 6) is 0. The minimum atomic E-state index is 0.647. The largest absolute Gasteiger partial charge is 0.329 e. The van der Waals surface area contributed by atoms with Crippen molar-refractivity contribution in [3.05, 3.63) is 35.9 Å². The maximum absolute atomic E-state index is 5.76. The number of likely N-dealkylation sites (N-methyl/N-ethyl adjacent to an activating group) is 1. The van der Waals surface area contributed by atoms with Crippen LogP contribution in [0.5, 0.6) is 0 Å². The molecule has 1 saturated heterocycles. The minimum absolute atomic E-state index is 0.647. The SMILES string of the molecule is CC1CC(N(CCN)Cc2ccccc2)CN1C. The van der Waals surface area contributed by atoms with Crippen molar-refractivity contribution in [1.82, 2.24) is 9.80 Å². The average Bonchev–Trinajstić information content (AvgIpc) is 2.70. The Hall–Kier alpha value is -0.900. The number of rotatable bonds is 5. The van der Waals surface area contributed by atoms with Crippen LogP contribution < -0.4 is 5.73 Å². The molecule has 1 aliphatic rings. The highest BCUT2D eigenvalue weighted by molar-refractivity contribution is 5.14. The summed E-state index contributed by atoms with van der Waals surface area (Å²) >= 11 is 0. The molecular weight excluding hydrogens is 222 g/mol. The molecular formula is C15H25N3. The van der Waals surface area contributed by atoms with Crippen molar-refractivity contribution in [3.8, 4) is 0 Å². The van der Waals surface area contributed by atoms with Gasteiger partial charge in [-0.3, -0.25) is 4.90 Å². The van der Waals surface area contributed by atoms with Crippen molar-refractivity contribution >= 4 is 0 Å². The third-order valence-corrected chi connectivity index (χ3v) is 4.03.